The van der Waals surface area contributed by atoms with Crippen molar-refractivity contribution in [2.24, 2.45) is 5.41 Å². The molecule has 9 heteroatoms. The van der Waals surface area contributed by atoms with Crippen LogP contribution in [0.15, 0.2) is 47.0 Å². The Bertz CT molecular complexity index is 706. The molecule has 0 saturated carbocycles. The highest BCUT2D eigenvalue weighted by atomic mass is 79.9. The van der Waals surface area contributed by atoms with Crippen molar-refractivity contribution in [2.45, 2.75) is 24.4 Å². The van der Waals surface area contributed by atoms with Crippen LogP contribution < -0.4 is 0 Å². The van der Waals surface area contributed by atoms with Crippen LogP contribution in [0.3, 0.4) is 0 Å². The lowest BCUT2D eigenvalue weighted by molar-refractivity contribution is -0.390. The fourth-order valence-electron chi connectivity index (χ4n) is 2.71. The molecule has 25 heavy (non-hydrogen) atoms. The van der Waals surface area contributed by atoms with Gasteiger partial charge in [-0.3, -0.25) is 0 Å². The Morgan fingerprint density at radius 2 is 1.56 bits per heavy atom. The largest absolute Gasteiger partial charge is 0.427 e. The molecule has 136 valence electrons. The van der Waals surface area contributed by atoms with Crippen LogP contribution in [0.4, 0.5) is 26.3 Å². The summed E-state index contributed by atoms with van der Waals surface area (Å²) in [5.74, 6) is 0. The van der Waals surface area contributed by atoms with Crippen LogP contribution in [0.25, 0.3) is 5.57 Å². The van der Waals surface area contributed by atoms with Gasteiger partial charge in [0.15, 0.2) is 0 Å². The van der Waals surface area contributed by atoms with Gasteiger partial charge in [-0.15, -0.1) is 0 Å². The summed E-state index contributed by atoms with van der Waals surface area (Å²) in [6, 6.07) is 8.18. The van der Waals surface area contributed by atoms with E-state index in [-0.39, 0.29) is 4.48 Å². The standard InChI is InChI=1S/C16H11BrF6O2/c17-12-8-13(9-24,14(25,15(18,19)20)16(21,22)23)7-6-11(12)10-4-2-1-3-5-10/h1-7,9,25H,8H2. The molecule has 2 nitrogen and oxygen atoms in total. The first-order valence-corrected chi connectivity index (χ1v) is 7.64. The van der Waals surface area contributed by atoms with Crippen molar-refractivity contribution in [3.63, 3.8) is 0 Å². The monoisotopic (exact) mass is 428 g/mol. The lowest BCUT2D eigenvalue weighted by Crippen LogP contribution is -2.67. The van der Waals surface area contributed by atoms with E-state index < -0.39 is 36.1 Å². The summed E-state index contributed by atoms with van der Waals surface area (Å²) >= 11 is 2.96. The second-order valence-corrected chi connectivity index (χ2v) is 6.52. The lowest BCUT2D eigenvalue weighted by Gasteiger charge is -2.44. The van der Waals surface area contributed by atoms with E-state index in [0.29, 0.717) is 17.2 Å². The van der Waals surface area contributed by atoms with Gasteiger partial charge in [0.25, 0.3) is 5.60 Å². The molecular formula is C16H11BrF6O2. The molecule has 2 rings (SSSR count). The summed E-state index contributed by atoms with van der Waals surface area (Å²) in [5.41, 5.74) is -7.59. The zero-order valence-corrected chi connectivity index (χ0v) is 13.9. The van der Waals surface area contributed by atoms with Gasteiger partial charge < -0.3 is 9.90 Å². The molecule has 0 fully saturated rings. The molecule has 0 bridgehead atoms. The number of carbonyl (C=O) groups excluding carboxylic acids is 1. The number of hydrogen-bond acceptors (Lipinski definition) is 2. The summed E-state index contributed by atoms with van der Waals surface area (Å²) in [4.78, 5) is 11.4. The highest BCUT2D eigenvalue weighted by molar-refractivity contribution is 9.11. The van der Waals surface area contributed by atoms with Crippen LogP contribution in [0.1, 0.15) is 12.0 Å². The Kier molecular flexibility index (Phi) is 4.95. The zero-order chi connectivity index (χ0) is 19.1. The number of aldehydes is 1. The second-order valence-electron chi connectivity index (χ2n) is 5.56. The number of halogens is 7. The van der Waals surface area contributed by atoms with Crippen molar-refractivity contribution in [3.05, 3.63) is 52.5 Å². The normalized spacial score (nSPS) is 22.2. The molecule has 0 radical (unpaired) electrons. The van der Waals surface area contributed by atoms with Crippen molar-refractivity contribution < 1.29 is 36.2 Å². The lowest BCUT2D eigenvalue weighted by atomic mass is 9.66. The van der Waals surface area contributed by atoms with E-state index in [1.165, 1.54) is 0 Å². The number of carbonyl (C=O) groups is 1. The predicted octanol–water partition coefficient (Wildman–Crippen LogP) is 4.79. The van der Waals surface area contributed by atoms with E-state index in [2.05, 4.69) is 15.9 Å². The Morgan fingerprint density at radius 1 is 1.04 bits per heavy atom. The number of hydrogen-bond donors (Lipinski definition) is 1. The Balaban J connectivity index is 2.60. The van der Waals surface area contributed by atoms with Gasteiger partial charge in [-0.2, -0.15) is 26.3 Å². The molecular weight excluding hydrogens is 418 g/mol. The summed E-state index contributed by atoms with van der Waals surface area (Å²) in [6.07, 6.45) is -12.3. The SMILES string of the molecule is O=CC1(C(O)(C(F)(F)F)C(F)(F)F)C=CC(c2ccccc2)=C(Br)C1. The van der Waals surface area contributed by atoms with Crippen LogP contribution in [-0.4, -0.2) is 29.3 Å². The van der Waals surface area contributed by atoms with Gasteiger partial charge in [-0.25, -0.2) is 0 Å². The number of rotatable bonds is 3. The molecule has 0 amide bonds. The Morgan fingerprint density at radius 3 is 1.96 bits per heavy atom. The smallest absolute Gasteiger partial charge is 0.373 e. The van der Waals surface area contributed by atoms with Crippen LogP contribution in [0.5, 0.6) is 0 Å². The molecule has 1 atom stereocenters. The van der Waals surface area contributed by atoms with Gasteiger partial charge in [-0.1, -0.05) is 58.4 Å². The third-order valence-corrected chi connectivity index (χ3v) is 4.78. The van der Waals surface area contributed by atoms with Crippen LogP contribution in [0, 0.1) is 5.41 Å². The van der Waals surface area contributed by atoms with Gasteiger partial charge in [0, 0.05) is 4.48 Å². The van der Waals surface area contributed by atoms with Crippen molar-refractivity contribution >= 4 is 27.8 Å². The van der Waals surface area contributed by atoms with Crippen molar-refractivity contribution in [2.75, 3.05) is 0 Å². The van der Waals surface area contributed by atoms with E-state index in [1.807, 2.05) is 0 Å². The maximum absolute atomic E-state index is 13.2. The molecule has 0 spiro atoms. The topological polar surface area (TPSA) is 37.3 Å². The molecule has 1 aromatic rings. The quantitative estimate of drug-likeness (QED) is 0.554. The van der Waals surface area contributed by atoms with E-state index >= 15 is 0 Å². The molecule has 1 aliphatic rings. The van der Waals surface area contributed by atoms with Crippen LogP contribution in [0.2, 0.25) is 0 Å². The van der Waals surface area contributed by atoms with Crippen molar-refractivity contribution in [1.82, 2.24) is 0 Å². The first kappa shape index (κ1) is 19.7. The van der Waals surface area contributed by atoms with Gasteiger partial charge >= 0.3 is 12.4 Å². The molecule has 1 N–H and O–H groups in total. The fourth-order valence-corrected chi connectivity index (χ4v) is 3.53. The third kappa shape index (κ3) is 3.03. The number of aliphatic hydroxyl groups is 1. The Hall–Kier alpha value is -1.61. The molecule has 1 aliphatic carbocycles. The minimum absolute atomic E-state index is 0.0553. The van der Waals surface area contributed by atoms with Crippen molar-refractivity contribution in [1.29, 1.82) is 0 Å². The van der Waals surface area contributed by atoms with Gasteiger partial charge in [0.05, 0.1) is 5.41 Å². The number of allylic oxidation sites excluding steroid dienone is 3. The maximum atomic E-state index is 13.2. The average molecular weight is 429 g/mol. The van der Waals surface area contributed by atoms with E-state index in [4.69, 9.17) is 0 Å². The minimum atomic E-state index is -6.10. The molecule has 0 aromatic heterocycles. The average Bonchev–Trinajstić information content (AvgIpc) is 2.52. The highest BCUT2D eigenvalue weighted by Gasteiger charge is 2.79. The molecule has 0 saturated heterocycles. The fraction of sp³-hybridized carbons (Fsp3) is 0.312. The molecule has 0 heterocycles. The Labute approximate surface area is 147 Å². The number of benzene rings is 1. The summed E-state index contributed by atoms with van der Waals surface area (Å²) < 4.78 is 79.0. The predicted molar refractivity (Wildman–Crippen MR) is 81.6 cm³/mol. The molecule has 1 unspecified atom stereocenters. The first-order chi connectivity index (χ1) is 11.4. The summed E-state index contributed by atoms with van der Waals surface area (Å²) in [5, 5.41) is 9.66. The number of alkyl halides is 6. The summed E-state index contributed by atoms with van der Waals surface area (Å²) in [6.45, 7) is 0. The third-order valence-electron chi connectivity index (χ3n) is 4.08. The van der Waals surface area contributed by atoms with Crippen molar-refractivity contribution in [3.8, 4) is 0 Å². The van der Waals surface area contributed by atoms with E-state index in [9.17, 15) is 36.2 Å². The zero-order valence-electron chi connectivity index (χ0n) is 12.3. The summed E-state index contributed by atoms with van der Waals surface area (Å²) in [7, 11) is 0. The van der Waals surface area contributed by atoms with Gasteiger partial charge in [0.1, 0.15) is 6.29 Å². The van der Waals surface area contributed by atoms with Gasteiger partial charge in [-0.05, 0) is 17.6 Å². The highest BCUT2D eigenvalue weighted by Crippen LogP contribution is 2.57. The minimum Gasteiger partial charge on any atom is -0.373 e. The van der Waals surface area contributed by atoms with E-state index in [1.54, 1.807) is 30.3 Å². The maximum Gasteiger partial charge on any atom is 0.427 e. The van der Waals surface area contributed by atoms with Crippen LogP contribution in [-0.2, 0) is 4.79 Å². The second kappa shape index (κ2) is 6.28. The van der Waals surface area contributed by atoms with E-state index in [0.717, 1.165) is 6.08 Å². The first-order valence-electron chi connectivity index (χ1n) is 6.85. The molecule has 1 aromatic carbocycles. The van der Waals surface area contributed by atoms with Crippen LogP contribution >= 0.6 is 15.9 Å². The molecule has 0 aliphatic heterocycles. The van der Waals surface area contributed by atoms with Gasteiger partial charge in [0.2, 0.25) is 0 Å².